The molecule has 0 radical (unpaired) electrons. The Labute approximate surface area is 125 Å². The summed E-state index contributed by atoms with van der Waals surface area (Å²) in [7, 11) is 0. The Morgan fingerprint density at radius 3 is 1.95 bits per heavy atom. The third-order valence-electron chi connectivity index (χ3n) is 2.47. The summed E-state index contributed by atoms with van der Waals surface area (Å²) in [6, 6.07) is 8.25. The van der Waals surface area contributed by atoms with Gasteiger partial charge in [0, 0.05) is 27.0 Å². The molecule has 0 aliphatic heterocycles. The second-order valence-corrected chi connectivity index (χ2v) is 5.87. The highest BCUT2D eigenvalue weighted by Gasteiger charge is 2.10. The van der Waals surface area contributed by atoms with Gasteiger partial charge in [-0.15, -0.1) is 0 Å². The van der Waals surface area contributed by atoms with Gasteiger partial charge in [0.25, 0.3) is 0 Å². The summed E-state index contributed by atoms with van der Waals surface area (Å²) >= 11 is 6.58. The van der Waals surface area contributed by atoms with Gasteiger partial charge in [-0.1, -0.05) is 31.9 Å². The Balaban J connectivity index is 2.25. The second-order valence-electron chi connectivity index (χ2n) is 4.04. The zero-order valence-corrected chi connectivity index (χ0v) is 12.8. The van der Waals surface area contributed by atoms with Crippen molar-refractivity contribution in [3.05, 3.63) is 68.1 Å². The number of hydrogen-bond donors (Lipinski definition) is 0. The van der Waals surface area contributed by atoms with Gasteiger partial charge in [-0.05, 0) is 35.9 Å². The molecule has 0 aromatic heterocycles. The van der Waals surface area contributed by atoms with E-state index in [0.29, 0.717) is 11.1 Å². The standard InChI is InChI=1S/C14H8Br2F2O/c15-10-4-9(5-11(16)6-10)14(19)3-8-1-12(17)7-13(18)2-8/h1-2,4-7H,3H2. The molecule has 0 bridgehead atoms. The predicted octanol–water partition coefficient (Wildman–Crippen LogP) is 4.92. The van der Waals surface area contributed by atoms with Crippen molar-refractivity contribution < 1.29 is 13.6 Å². The molecule has 5 heteroatoms. The minimum Gasteiger partial charge on any atom is -0.294 e. The number of Topliss-reactive ketones (excluding diaryl/α,β-unsaturated/α-hetero) is 1. The van der Waals surface area contributed by atoms with Gasteiger partial charge in [0.2, 0.25) is 0 Å². The molecule has 0 unspecified atom stereocenters. The summed E-state index contributed by atoms with van der Waals surface area (Å²) < 4.78 is 27.6. The van der Waals surface area contributed by atoms with Crippen LogP contribution in [0.3, 0.4) is 0 Å². The van der Waals surface area contributed by atoms with E-state index in [2.05, 4.69) is 31.9 Å². The van der Waals surface area contributed by atoms with Crippen molar-refractivity contribution in [2.24, 2.45) is 0 Å². The highest BCUT2D eigenvalue weighted by molar-refractivity contribution is 9.11. The summed E-state index contributed by atoms with van der Waals surface area (Å²) in [5.41, 5.74) is 0.796. The fraction of sp³-hybridized carbons (Fsp3) is 0.0714. The van der Waals surface area contributed by atoms with Crippen LogP contribution in [0.1, 0.15) is 15.9 Å². The maximum Gasteiger partial charge on any atom is 0.167 e. The molecule has 2 aromatic carbocycles. The van der Waals surface area contributed by atoms with Crippen LogP contribution in [-0.2, 0) is 6.42 Å². The average Bonchev–Trinajstić information content (AvgIpc) is 2.25. The molecule has 0 aliphatic carbocycles. The van der Waals surface area contributed by atoms with E-state index in [1.54, 1.807) is 18.2 Å². The number of carbonyl (C=O) groups is 1. The van der Waals surface area contributed by atoms with Crippen molar-refractivity contribution in [1.29, 1.82) is 0 Å². The highest BCUT2D eigenvalue weighted by Crippen LogP contribution is 2.21. The summed E-state index contributed by atoms with van der Waals surface area (Å²) in [6.07, 6.45) is -0.0441. The van der Waals surface area contributed by atoms with Gasteiger partial charge in [0.1, 0.15) is 11.6 Å². The lowest BCUT2D eigenvalue weighted by Crippen LogP contribution is -2.04. The van der Waals surface area contributed by atoms with Crippen LogP contribution in [-0.4, -0.2) is 5.78 Å². The minimum atomic E-state index is -0.682. The lowest BCUT2D eigenvalue weighted by atomic mass is 10.0. The Hall–Kier alpha value is -1.07. The maximum absolute atomic E-state index is 13.0. The second kappa shape index (κ2) is 5.92. The van der Waals surface area contributed by atoms with Crippen LogP contribution < -0.4 is 0 Å². The molecule has 0 fully saturated rings. The van der Waals surface area contributed by atoms with Gasteiger partial charge in [0.05, 0.1) is 0 Å². The van der Waals surface area contributed by atoms with E-state index in [-0.39, 0.29) is 12.2 Å². The molecule has 0 amide bonds. The SMILES string of the molecule is O=C(Cc1cc(F)cc(F)c1)c1cc(Br)cc(Br)c1. The molecule has 0 saturated carbocycles. The Bertz CT molecular complexity index is 601. The monoisotopic (exact) mass is 388 g/mol. The van der Waals surface area contributed by atoms with Crippen LogP contribution in [0.15, 0.2) is 45.3 Å². The average molecular weight is 390 g/mol. The van der Waals surface area contributed by atoms with Crippen molar-refractivity contribution in [1.82, 2.24) is 0 Å². The first-order chi connectivity index (χ1) is 8.94. The molecule has 0 heterocycles. The van der Waals surface area contributed by atoms with Crippen LogP contribution in [0.4, 0.5) is 8.78 Å². The van der Waals surface area contributed by atoms with E-state index in [9.17, 15) is 13.6 Å². The van der Waals surface area contributed by atoms with Gasteiger partial charge < -0.3 is 0 Å². The number of hydrogen-bond acceptors (Lipinski definition) is 1. The smallest absolute Gasteiger partial charge is 0.167 e. The summed E-state index contributed by atoms with van der Waals surface area (Å²) in [4.78, 5) is 12.1. The van der Waals surface area contributed by atoms with E-state index < -0.39 is 11.6 Å². The van der Waals surface area contributed by atoms with E-state index >= 15 is 0 Å². The molecular weight excluding hydrogens is 382 g/mol. The first-order valence-electron chi connectivity index (χ1n) is 5.38. The van der Waals surface area contributed by atoms with Crippen LogP contribution in [0.25, 0.3) is 0 Å². The van der Waals surface area contributed by atoms with Crippen LogP contribution in [0, 0.1) is 11.6 Å². The molecule has 2 aromatic rings. The Kier molecular flexibility index (Phi) is 4.47. The molecule has 0 N–H and O–H groups in total. The largest absolute Gasteiger partial charge is 0.294 e. The number of carbonyl (C=O) groups excluding carboxylic acids is 1. The van der Waals surface area contributed by atoms with E-state index in [1.807, 2.05) is 0 Å². The quantitative estimate of drug-likeness (QED) is 0.681. The maximum atomic E-state index is 13.0. The van der Waals surface area contributed by atoms with Crippen molar-refractivity contribution >= 4 is 37.6 Å². The van der Waals surface area contributed by atoms with Gasteiger partial charge in [-0.25, -0.2) is 8.78 Å². The normalized spacial score (nSPS) is 10.5. The fourth-order valence-corrected chi connectivity index (χ4v) is 3.01. The predicted molar refractivity (Wildman–Crippen MR) is 76.2 cm³/mol. The van der Waals surface area contributed by atoms with Gasteiger partial charge in [0.15, 0.2) is 5.78 Å². The molecule has 0 atom stereocenters. The van der Waals surface area contributed by atoms with Crippen molar-refractivity contribution in [3.63, 3.8) is 0 Å². The third-order valence-corrected chi connectivity index (χ3v) is 3.39. The molecule has 2 rings (SSSR count). The summed E-state index contributed by atoms with van der Waals surface area (Å²) in [5.74, 6) is -1.57. The molecule has 98 valence electrons. The van der Waals surface area contributed by atoms with E-state index in [1.165, 1.54) is 0 Å². The zero-order valence-electron chi connectivity index (χ0n) is 9.59. The van der Waals surface area contributed by atoms with Gasteiger partial charge >= 0.3 is 0 Å². The third kappa shape index (κ3) is 3.94. The van der Waals surface area contributed by atoms with Crippen molar-refractivity contribution in [2.45, 2.75) is 6.42 Å². The number of rotatable bonds is 3. The van der Waals surface area contributed by atoms with Gasteiger partial charge in [-0.3, -0.25) is 4.79 Å². The van der Waals surface area contributed by atoms with Crippen molar-refractivity contribution in [3.8, 4) is 0 Å². The Morgan fingerprint density at radius 1 is 0.895 bits per heavy atom. The van der Waals surface area contributed by atoms with Crippen LogP contribution >= 0.6 is 31.9 Å². The number of benzene rings is 2. The summed E-state index contributed by atoms with van der Waals surface area (Å²) in [5, 5.41) is 0. The first-order valence-corrected chi connectivity index (χ1v) is 6.97. The van der Waals surface area contributed by atoms with E-state index in [4.69, 9.17) is 0 Å². The molecule has 1 nitrogen and oxygen atoms in total. The fourth-order valence-electron chi connectivity index (χ4n) is 1.72. The van der Waals surface area contributed by atoms with Crippen LogP contribution in [0.5, 0.6) is 0 Å². The topological polar surface area (TPSA) is 17.1 Å². The molecule has 0 spiro atoms. The van der Waals surface area contributed by atoms with Crippen LogP contribution in [0.2, 0.25) is 0 Å². The number of ketones is 1. The molecule has 0 saturated heterocycles. The van der Waals surface area contributed by atoms with Crippen molar-refractivity contribution in [2.75, 3.05) is 0 Å². The lowest BCUT2D eigenvalue weighted by Gasteiger charge is -2.04. The molecular formula is C14H8Br2F2O. The summed E-state index contributed by atoms with van der Waals surface area (Å²) in [6.45, 7) is 0. The molecule has 19 heavy (non-hydrogen) atoms. The van der Waals surface area contributed by atoms with E-state index in [0.717, 1.165) is 27.1 Å². The van der Waals surface area contributed by atoms with Gasteiger partial charge in [-0.2, -0.15) is 0 Å². The lowest BCUT2D eigenvalue weighted by molar-refractivity contribution is 0.0993. The molecule has 0 aliphatic rings. The Morgan fingerprint density at radius 2 is 1.42 bits per heavy atom. The zero-order chi connectivity index (χ0) is 14.0. The minimum absolute atomic E-state index is 0.0441. The first kappa shape index (κ1) is 14.3. The number of halogens is 4. The highest BCUT2D eigenvalue weighted by atomic mass is 79.9.